The lowest BCUT2D eigenvalue weighted by atomic mass is 10.1. The number of nitrogens with one attached hydrogen (secondary N) is 1. The molecule has 3 aromatic carbocycles. The number of hydrogen-bond donors (Lipinski definition) is 1. The molecule has 4 rings (SSSR count). The van der Waals surface area contributed by atoms with Crippen LogP contribution in [0.1, 0.15) is 34.6 Å². The molecule has 1 N–H and O–H groups in total. The van der Waals surface area contributed by atoms with Gasteiger partial charge in [0.1, 0.15) is 11.5 Å². The van der Waals surface area contributed by atoms with Gasteiger partial charge in [-0.05, 0) is 73.0 Å². The summed E-state index contributed by atoms with van der Waals surface area (Å²) in [5.41, 5.74) is 0.499. The van der Waals surface area contributed by atoms with Crippen LogP contribution in [0.25, 0.3) is 10.8 Å². The van der Waals surface area contributed by atoms with E-state index < -0.39 is 11.7 Å². The highest BCUT2D eigenvalue weighted by molar-refractivity contribution is 6.00. The molecule has 0 fully saturated rings. The van der Waals surface area contributed by atoms with E-state index in [1.54, 1.807) is 36.5 Å². The quantitative estimate of drug-likeness (QED) is 0.387. The molecule has 0 aliphatic rings. The van der Waals surface area contributed by atoms with Crippen LogP contribution in [0.2, 0.25) is 0 Å². The fourth-order valence-corrected chi connectivity index (χ4v) is 3.31. The van der Waals surface area contributed by atoms with Crippen LogP contribution >= 0.6 is 0 Å². The van der Waals surface area contributed by atoms with Crippen molar-refractivity contribution >= 4 is 16.7 Å². The van der Waals surface area contributed by atoms with Crippen molar-refractivity contribution in [2.45, 2.75) is 19.1 Å². The van der Waals surface area contributed by atoms with Gasteiger partial charge in [0.2, 0.25) is 0 Å². The number of alkyl halides is 3. The van der Waals surface area contributed by atoms with Gasteiger partial charge in [0.05, 0.1) is 17.3 Å². The van der Waals surface area contributed by atoms with Crippen molar-refractivity contribution in [1.29, 1.82) is 0 Å². The summed E-state index contributed by atoms with van der Waals surface area (Å²) in [7, 11) is 0. The number of pyridine rings is 1. The second kappa shape index (κ2) is 8.70. The van der Waals surface area contributed by atoms with Crippen LogP contribution < -0.4 is 10.1 Å². The molecule has 0 saturated carbocycles. The van der Waals surface area contributed by atoms with Crippen molar-refractivity contribution in [2.24, 2.45) is 0 Å². The summed E-state index contributed by atoms with van der Waals surface area (Å²) in [4.78, 5) is 17.0. The fourth-order valence-electron chi connectivity index (χ4n) is 3.31. The summed E-state index contributed by atoms with van der Waals surface area (Å²) < 4.78 is 44.1. The molecular formula is C25H19F3N2O2. The molecule has 0 saturated heterocycles. The third-order valence-electron chi connectivity index (χ3n) is 4.99. The lowest BCUT2D eigenvalue weighted by Crippen LogP contribution is -2.27. The Morgan fingerprint density at radius 2 is 1.75 bits per heavy atom. The maximum absolute atomic E-state index is 12.8. The normalized spacial score (nSPS) is 12.4. The van der Waals surface area contributed by atoms with Crippen LogP contribution in [0.15, 0.2) is 85.1 Å². The maximum Gasteiger partial charge on any atom is 0.416 e. The second-order valence-corrected chi connectivity index (χ2v) is 7.27. The predicted octanol–water partition coefficient (Wildman–Crippen LogP) is 6.54. The van der Waals surface area contributed by atoms with Gasteiger partial charge in [-0.2, -0.15) is 13.2 Å². The van der Waals surface area contributed by atoms with Crippen molar-refractivity contribution in [1.82, 2.24) is 10.3 Å². The molecule has 1 aromatic heterocycles. The van der Waals surface area contributed by atoms with Crippen molar-refractivity contribution in [2.75, 3.05) is 0 Å². The van der Waals surface area contributed by atoms with Crippen molar-refractivity contribution < 1.29 is 22.7 Å². The minimum atomic E-state index is -4.40. The van der Waals surface area contributed by atoms with Gasteiger partial charge in [-0.1, -0.05) is 18.2 Å². The molecule has 32 heavy (non-hydrogen) atoms. The molecule has 0 unspecified atom stereocenters. The number of carbonyl (C=O) groups excluding carboxylic acids is 1. The molecule has 1 heterocycles. The molecular weight excluding hydrogens is 417 g/mol. The third-order valence-corrected chi connectivity index (χ3v) is 4.99. The zero-order chi connectivity index (χ0) is 22.7. The van der Waals surface area contributed by atoms with Gasteiger partial charge in [-0.25, -0.2) is 0 Å². The van der Waals surface area contributed by atoms with Gasteiger partial charge in [0, 0.05) is 17.1 Å². The number of aromatic nitrogens is 1. The molecule has 0 radical (unpaired) electrons. The van der Waals surface area contributed by atoms with E-state index in [-0.39, 0.29) is 17.7 Å². The lowest BCUT2D eigenvalue weighted by molar-refractivity contribution is -0.137. The Morgan fingerprint density at radius 3 is 2.44 bits per heavy atom. The first-order chi connectivity index (χ1) is 15.3. The number of nitrogens with zero attached hydrogens (tertiary/aromatic N) is 1. The van der Waals surface area contributed by atoms with E-state index in [1.807, 2.05) is 31.2 Å². The van der Waals surface area contributed by atoms with E-state index in [9.17, 15) is 18.0 Å². The van der Waals surface area contributed by atoms with E-state index in [0.29, 0.717) is 11.3 Å². The summed E-state index contributed by atoms with van der Waals surface area (Å²) in [5.74, 6) is 0.534. The summed E-state index contributed by atoms with van der Waals surface area (Å²) in [6.45, 7) is 1.86. The minimum absolute atomic E-state index is 0.237. The number of amides is 1. The van der Waals surface area contributed by atoms with Crippen LogP contribution in [-0.2, 0) is 6.18 Å². The molecule has 162 valence electrons. The predicted molar refractivity (Wildman–Crippen MR) is 116 cm³/mol. The zero-order valence-corrected chi connectivity index (χ0v) is 17.1. The number of carbonyl (C=O) groups is 1. The van der Waals surface area contributed by atoms with Gasteiger partial charge in [-0.15, -0.1) is 0 Å². The van der Waals surface area contributed by atoms with Crippen LogP contribution in [0.4, 0.5) is 13.2 Å². The van der Waals surface area contributed by atoms with Crippen LogP contribution in [0, 0.1) is 0 Å². The summed E-state index contributed by atoms with van der Waals surface area (Å²) in [6, 6.07) is 20.3. The topological polar surface area (TPSA) is 51.2 Å². The number of halogens is 3. The van der Waals surface area contributed by atoms with Crippen molar-refractivity contribution in [3.63, 3.8) is 0 Å². The van der Waals surface area contributed by atoms with Gasteiger partial charge in [0.25, 0.3) is 5.91 Å². The summed E-state index contributed by atoms with van der Waals surface area (Å²) in [6.07, 6.45) is -2.73. The van der Waals surface area contributed by atoms with Crippen LogP contribution in [-0.4, -0.2) is 10.9 Å². The molecule has 4 aromatic rings. The van der Waals surface area contributed by atoms with E-state index in [1.165, 1.54) is 12.1 Å². The Morgan fingerprint density at radius 1 is 0.969 bits per heavy atom. The number of benzene rings is 3. The molecule has 0 aliphatic heterocycles. The Balaban J connectivity index is 1.54. The van der Waals surface area contributed by atoms with Crippen LogP contribution in [0.3, 0.4) is 0 Å². The van der Waals surface area contributed by atoms with Gasteiger partial charge < -0.3 is 10.1 Å². The highest BCUT2D eigenvalue weighted by Gasteiger charge is 2.30. The first-order valence-corrected chi connectivity index (χ1v) is 9.91. The molecule has 0 bridgehead atoms. The minimum Gasteiger partial charge on any atom is -0.457 e. The Hall–Kier alpha value is -3.87. The van der Waals surface area contributed by atoms with Crippen molar-refractivity contribution in [3.05, 3.63) is 102 Å². The van der Waals surface area contributed by atoms with Crippen molar-refractivity contribution in [3.8, 4) is 11.5 Å². The Kier molecular flexibility index (Phi) is 5.81. The summed E-state index contributed by atoms with van der Waals surface area (Å²) in [5, 5.41) is 4.43. The lowest BCUT2D eigenvalue weighted by Gasteiger charge is -2.14. The zero-order valence-electron chi connectivity index (χ0n) is 17.1. The molecule has 7 heteroatoms. The van der Waals surface area contributed by atoms with E-state index in [0.717, 1.165) is 28.6 Å². The molecule has 0 spiro atoms. The van der Waals surface area contributed by atoms with E-state index >= 15 is 0 Å². The second-order valence-electron chi connectivity index (χ2n) is 7.27. The van der Waals surface area contributed by atoms with E-state index in [2.05, 4.69) is 10.3 Å². The highest BCUT2D eigenvalue weighted by atomic mass is 19.4. The third kappa shape index (κ3) is 4.72. The van der Waals surface area contributed by atoms with Gasteiger partial charge in [-0.3, -0.25) is 9.78 Å². The largest absolute Gasteiger partial charge is 0.457 e. The SMILES string of the molecule is C[C@H](NC(=O)c1ccc2c(Oc3ccc(C(F)(F)F)cc3)cccc2c1)c1ccccn1. The van der Waals surface area contributed by atoms with Gasteiger partial charge >= 0.3 is 6.18 Å². The fraction of sp³-hybridized carbons (Fsp3) is 0.120. The Labute approximate surface area is 182 Å². The summed E-state index contributed by atoms with van der Waals surface area (Å²) >= 11 is 0. The molecule has 0 aliphatic carbocycles. The van der Waals surface area contributed by atoms with E-state index in [4.69, 9.17) is 4.74 Å². The Bertz CT molecular complexity index is 1240. The maximum atomic E-state index is 12.8. The number of fused-ring (bicyclic) bond motifs is 1. The number of hydrogen-bond acceptors (Lipinski definition) is 3. The monoisotopic (exact) mass is 436 g/mol. The first-order valence-electron chi connectivity index (χ1n) is 9.91. The molecule has 4 nitrogen and oxygen atoms in total. The first kappa shape index (κ1) is 21.4. The smallest absolute Gasteiger partial charge is 0.416 e. The average Bonchev–Trinajstić information content (AvgIpc) is 2.79. The number of rotatable bonds is 5. The molecule has 1 atom stereocenters. The molecule has 1 amide bonds. The standard InChI is InChI=1S/C25H19F3N2O2/c1-16(22-6-2-3-14-29-22)30-24(31)18-8-13-21-17(15-18)5-4-7-23(21)32-20-11-9-19(10-12-20)25(26,27)28/h2-16H,1H3,(H,30,31)/t16-/m0/s1. The van der Waals surface area contributed by atoms with Gasteiger partial charge in [0.15, 0.2) is 0 Å². The number of ether oxygens (including phenoxy) is 1. The highest BCUT2D eigenvalue weighted by Crippen LogP contribution is 2.33. The van der Waals surface area contributed by atoms with Crippen LogP contribution in [0.5, 0.6) is 11.5 Å². The average molecular weight is 436 g/mol.